The second-order valence-electron chi connectivity index (χ2n) is 5.65. The lowest BCUT2D eigenvalue weighted by Crippen LogP contribution is -2.22. The molecular formula is C16H14ClF3N4OS. The minimum Gasteiger partial charge on any atom is -0.397 e. The number of carbonyl (C=O) groups excluding carboxylic acids is 1. The Labute approximate surface area is 155 Å². The van der Waals surface area contributed by atoms with Crippen LogP contribution in [0.1, 0.15) is 28.2 Å². The molecule has 0 saturated heterocycles. The standard InChI is InChI=1S/C16H14ClF3N4OS/c1-24-11(7-13(23-24)16(18,19)20)14-9(21)6-12(26-14)15(25)22-10-5-3-2-4-8(10)17/h3,5-7H,2,4,21H2,1H3,(H,22,25). The third-order valence-corrected chi connectivity index (χ3v) is 5.31. The summed E-state index contributed by atoms with van der Waals surface area (Å²) >= 11 is 7.08. The molecule has 1 amide bonds. The van der Waals surface area contributed by atoms with Crippen molar-refractivity contribution in [2.75, 3.05) is 5.73 Å². The number of anilines is 1. The lowest BCUT2D eigenvalue weighted by atomic mass is 10.1. The zero-order valence-electron chi connectivity index (χ0n) is 13.5. The summed E-state index contributed by atoms with van der Waals surface area (Å²) in [6.07, 6.45) is 0.498. The van der Waals surface area contributed by atoms with Gasteiger partial charge in [0.1, 0.15) is 0 Å². The molecule has 0 radical (unpaired) electrons. The van der Waals surface area contributed by atoms with E-state index in [9.17, 15) is 18.0 Å². The molecule has 2 aromatic rings. The maximum Gasteiger partial charge on any atom is 0.435 e. The van der Waals surface area contributed by atoms with Crippen LogP contribution in [0.25, 0.3) is 10.6 Å². The Bertz CT molecular complexity index is 927. The summed E-state index contributed by atoms with van der Waals surface area (Å²) in [5.41, 5.74) is 5.80. The number of aryl methyl sites for hydroxylation is 1. The number of hydrogen-bond donors (Lipinski definition) is 2. The topological polar surface area (TPSA) is 72.9 Å². The van der Waals surface area contributed by atoms with Gasteiger partial charge in [-0.3, -0.25) is 9.48 Å². The van der Waals surface area contributed by atoms with Gasteiger partial charge in [-0.25, -0.2) is 0 Å². The third-order valence-electron chi connectivity index (χ3n) is 3.74. The monoisotopic (exact) mass is 402 g/mol. The first-order chi connectivity index (χ1) is 12.2. The summed E-state index contributed by atoms with van der Waals surface area (Å²) in [4.78, 5) is 13.0. The molecule has 1 aliphatic rings. The van der Waals surface area contributed by atoms with Crippen LogP contribution in [-0.4, -0.2) is 15.7 Å². The maximum absolute atomic E-state index is 12.8. The third kappa shape index (κ3) is 3.63. The van der Waals surface area contributed by atoms with E-state index in [0.29, 0.717) is 22.0 Å². The van der Waals surface area contributed by atoms with Crippen LogP contribution in [-0.2, 0) is 13.2 Å². The number of rotatable bonds is 3. The first-order valence-corrected chi connectivity index (χ1v) is 8.73. The average molecular weight is 403 g/mol. The fourth-order valence-electron chi connectivity index (χ4n) is 2.47. The number of hydrogen-bond acceptors (Lipinski definition) is 4. The Morgan fingerprint density at radius 2 is 2.15 bits per heavy atom. The summed E-state index contributed by atoms with van der Waals surface area (Å²) in [6, 6.07) is 2.34. The minimum absolute atomic E-state index is 0.189. The van der Waals surface area contributed by atoms with Gasteiger partial charge in [0.2, 0.25) is 0 Å². The summed E-state index contributed by atoms with van der Waals surface area (Å²) in [6.45, 7) is 0. The molecular weight excluding hydrogens is 389 g/mol. The molecule has 2 aromatic heterocycles. The number of nitrogens with two attached hydrogens (primary N) is 1. The molecule has 0 aromatic carbocycles. The first kappa shape index (κ1) is 18.5. The second-order valence-corrected chi connectivity index (χ2v) is 7.15. The van der Waals surface area contributed by atoms with Crippen LogP contribution in [0.3, 0.4) is 0 Å². The van der Waals surface area contributed by atoms with Crippen molar-refractivity contribution >= 4 is 34.5 Å². The quantitative estimate of drug-likeness (QED) is 0.804. The summed E-state index contributed by atoms with van der Waals surface area (Å²) in [7, 11) is 1.39. The molecule has 26 heavy (non-hydrogen) atoms. The van der Waals surface area contributed by atoms with Crippen molar-refractivity contribution in [1.82, 2.24) is 15.1 Å². The van der Waals surface area contributed by atoms with Gasteiger partial charge in [-0.05, 0) is 31.1 Å². The fraction of sp³-hybridized carbons (Fsp3) is 0.250. The molecule has 3 rings (SSSR count). The van der Waals surface area contributed by atoms with Crippen LogP contribution in [0.15, 0.2) is 35.0 Å². The highest BCUT2D eigenvalue weighted by Gasteiger charge is 2.35. The predicted molar refractivity (Wildman–Crippen MR) is 94.7 cm³/mol. The van der Waals surface area contributed by atoms with Crippen molar-refractivity contribution in [3.63, 3.8) is 0 Å². The van der Waals surface area contributed by atoms with Gasteiger partial charge in [-0.15, -0.1) is 11.3 Å². The van der Waals surface area contributed by atoms with Crippen molar-refractivity contribution in [2.45, 2.75) is 19.0 Å². The summed E-state index contributed by atoms with van der Waals surface area (Å²) in [5.74, 6) is -0.425. The van der Waals surface area contributed by atoms with E-state index in [2.05, 4.69) is 10.4 Å². The van der Waals surface area contributed by atoms with Crippen LogP contribution < -0.4 is 11.1 Å². The molecule has 0 bridgehead atoms. The first-order valence-electron chi connectivity index (χ1n) is 7.54. The predicted octanol–water partition coefficient (Wildman–Crippen LogP) is 4.28. The molecule has 0 saturated carbocycles. The number of nitrogens with zero attached hydrogens (tertiary/aromatic N) is 2. The molecule has 0 aliphatic heterocycles. The van der Waals surface area contributed by atoms with Gasteiger partial charge in [0.05, 0.1) is 26.8 Å². The Morgan fingerprint density at radius 1 is 1.42 bits per heavy atom. The molecule has 3 N–H and O–H groups in total. The van der Waals surface area contributed by atoms with E-state index < -0.39 is 17.8 Å². The maximum atomic E-state index is 12.8. The Hall–Kier alpha value is -2.26. The summed E-state index contributed by atoms with van der Waals surface area (Å²) in [5, 5.41) is 6.71. The van der Waals surface area contributed by atoms with E-state index in [1.54, 1.807) is 6.08 Å². The molecule has 138 valence electrons. The van der Waals surface area contributed by atoms with Crippen LogP contribution in [0, 0.1) is 0 Å². The average Bonchev–Trinajstić information content (AvgIpc) is 3.12. The van der Waals surface area contributed by atoms with E-state index in [4.69, 9.17) is 17.3 Å². The van der Waals surface area contributed by atoms with E-state index in [0.717, 1.165) is 28.5 Å². The normalized spacial score (nSPS) is 14.8. The van der Waals surface area contributed by atoms with Crippen LogP contribution in [0.2, 0.25) is 0 Å². The number of alkyl halides is 3. The second kappa shape index (κ2) is 6.81. The Balaban J connectivity index is 1.89. The van der Waals surface area contributed by atoms with E-state index in [1.807, 2.05) is 6.08 Å². The van der Waals surface area contributed by atoms with Gasteiger partial charge in [0.15, 0.2) is 5.69 Å². The zero-order chi connectivity index (χ0) is 19.1. The highest BCUT2D eigenvalue weighted by molar-refractivity contribution is 7.18. The van der Waals surface area contributed by atoms with Gasteiger partial charge < -0.3 is 11.1 Å². The Morgan fingerprint density at radius 3 is 2.77 bits per heavy atom. The SMILES string of the molecule is Cn1nc(C(F)(F)F)cc1-c1sc(C(=O)NC2=C(Cl)CCC=C2)cc1N. The highest BCUT2D eigenvalue weighted by atomic mass is 35.5. The van der Waals surface area contributed by atoms with Gasteiger partial charge in [-0.1, -0.05) is 17.7 Å². The lowest BCUT2D eigenvalue weighted by molar-refractivity contribution is -0.141. The number of carbonyl (C=O) groups is 1. The molecule has 2 heterocycles. The van der Waals surface area contributed by atoms with Crippen molar-refractivity contribution in [3.05, 3.63) is 45.6 Å². The number of thiophene rings is 1. The van der Waals surface area contributed by atoms with Crippen molar-refractivity contribution < 1.29 is 18.0 Å². The van der Waals surface area contributed by atoms with Crippen LogP contribution in [0.5, 0.6) is 0 Å². The van der Waals surface area contributed by atoms with Crippen molar-refractivity contribution in [3.8, 4) is 10.6 Å². The smallest absolute Gasteiger partial charge is 0.397 e. The van der Waals surface area contributed by atoms with Crippen LogP contribution in [0.4, 0.5) is 18.9 Å². The number of nitrogen functional groups attached to an aromatic ring is 1. The van der Waals surface area contributed by atoms with Gasteiger partial charge in [-0.2, -0.15) is 18.3 Å². The van der Waals surface area contributed by atoms with Crippen molar-refractivity contribution in [2.24, 2.45) is 7.05 Å². The molecule has 0 atom stereocenters. The fourth-order valence-corrected chi connectivity index (χ4v) is 3.71. The molecule has 10 heteroatoms. The molecule has 0 spiro atoms. The number of allylic oxidation sites excluding steroid dienone is 3. The molecule has 1 aliphatic carbocycles. The lowest BCUT2D eigenvalue weighted by Gasteiger charge is -2.11. The number of aromatic nitrogens is 2. The molecule has 5 nitrogen and oxygen atoms in total. The minimum atomic E-state index is -4.56. The van der Waals surface area contributed by atoms with Gasteiger partial charge in [0.25, 0.3) is 5.91 Å². The molecule has 0 fully saturated rings. The number of amides is 1. The van der Waals surface area contributed by atoms with E-state index in [1.165, 1.54) is 13.1 Å². The zero-order valence-corrected chi connectivity index (χ0v) is 15.1. The van der Waals surface area contributed by atoms with Gasteiger partial charge in [0, 0.05) is 12.1 Å². The van der Waals surface area contributed by atoms with E-state index >= 15 is 0 Å². The van der Waals surface area contributed by atoms with Gasteiger partial charge >= 0.3 is 6.18 Å². The largest absolute Gasteiger partial charge is 0.435 e. The van der Waals surface area contributed by atoms with Crippen LogP contribution >= 0.6 is 22.9 Å². The number of halogens is 4. The van der Waals surface area contributed by atoms with Crippen molar-refractivity contribution in [1.29, 1.82) is 0 Å². The number of nitrogens with one attached hydrogen (secondary N) is 1. The summed E-state index contributed by atoms with van der Waals surface area (Å²) < 4.78 is 39.6. The highest BCUT2D eigenvalue weighted by Crippen LogP contribution is 2.38. The Kier molecular flexibility index (Phi) is 4.85. The molecule has 0 unspecified atom stereocenters. The van der Waals surface area contributed by atoms with E-state index in [-0.39, 0.29) is 16.3 Å².